The van der Waals surface area contributed by atoms with Crippen LogP contribution in [0.2, 0.25) is 0 Å². The molecule has 39 nitrogen and oxygen atoms in total. The number of aromatic carboxylic acids is 6. The average Bonchev–Trinajstić information content (AvgIpc) is 1.62. The molecular weight excluding hydrogens is 1180 g/mol. The summed E-state index contributed by atoms with van der Waals surface area (Å²) < 4.78 is 5.79. The summed E-state index contributed by atoms with van der Waals surface area (Å²) in [6, 6.07) is 13.1. The van der Waals surface area contributed by atoms with Crippen LogP contribution in [0.15, 0.2) is 104 Å². The first-order chi connectivity index (χ1) is 42.9. The van der Waals surface area contributed by atoms with Crippen molar-refractivity contribution in [3.63, 3.8) is 0 Å². The van der Waals surface area contributed by atoms with Crippen molar-refractivity contribution in [2.75, 3.05) is 17.2 Å². The number of anilines is 3. The first kappa shape index (κ1) is 58.6. The quantitative estimate of drug-likeness (QED) is 0.0332. The molecule has 0 amide bonds. The number of nitrogens with two attached hydrogens (primary N) is 3. The van der Waals surface area contributed by atoms with Crippen LogP contribution in [0.25, 0.3) is 39.8 Å². The van der Waals surface area contributed by atoms with E-state index in [-0.39, 0.29) is 103 Å². The van der Waals surface area contributed by atoms with Gasteiger partial charge in [-0.3, -0.25) is 0 Å². The van der Waals surface area contributed by atoms with E-state index >= 15 is 0 Å². The van der Waals surface area contributed by atoms with Crippen LogP contribution in [0.1, 0.15) is 90.4 Å². The van der Waals surface area contributed by atoms with Crippen molar-refractivity contribution in [2.45, 2.75) is 20.8 Å². The monoisotopic (exact) mass is 1220 g/mol. The van der Waals surface area contributed by atoms with E-state index in [1.807, 2.05) is 12.1 Å². The van der Waals surface area contributed by atoms with Gasteiger partial charge in [-0.1, -0.05) is 0 Å². The molecule has 7 aromatic heterocycles. The van der Waals surface area contributed by atoms with E-state index in [2.05, 4.69) is 81.1 Å². The predicted molar refractivity (Wildman–Crippen MR) is 299 cm³/mol. The Morgan fingerprint density at radius 2 is 0.700 bits per heavy atom. The van der Waals surface area contributed by atoms with Crippen molar-refractivity contribution >= 4 is 93.5 Å². The molecule has 0 fully saturated rings. The maximum Gasteiger partial charge on any atom is 0.335 e. The van der Waals surface area contributed by atoms with Gasteiger partial charge in [0.25, 0.3) is 23.5 Å². The Balaban J connectivity index is 1.10. The number of azo groups is 3. The van der Waals surface area contributed by atoms with E-state index in [4.69, 9.17) is 23.8 Å². The number of nitrogens with zero attached hydrogens (tertiary/aromatic N) is 24. The molecule has 0 aliphatic carbocycles. The minimum absolute atomic E-state index is 0.0383. The molecule has 12 N–H and O–H groups in total. The van der Waals surface area contributed by atoms with Crippen molar-refractivity contribution in [1.82, 2.24) is 73.6 Å². The molecule has 0 atom stereocenters. The molecule has 39 heteroatoms. The van der Waals surface area contributed by atoms with E-state index < -0.39 is 87.0 Å². The number of carbonyl (C=O) groups is 6. The number of hydrogen-bond donors (Lipinski definition) is 9. The summed E-state index contributed by atoms with van der Waals surface area (Å²) in [5, 5.41) is 130. The molecule has 0 saturated carbocycles. The molecule has 0 spiro atoms. The van der Waals surface area contributed by atoms with E-state index in [1.54, 1.807) is 0 Å². The lowest BCUT2D eigenvalue weighted by atomic mass is 10.1. The Hall–Kier alpha value is -14.6. The summed E-state index contributed by atoms with van der Waals surface area (Å²) in [5.74, 6) is -12.1. The number of rotatable bonds is 18. The standard InChI is InChI=1S/C51H33N27O12/c1-19-34(64-67-40-28(14-52)16-58-73(40)30-8-22(43(79)80)5-23(9-30)44(81)82)37(54)76(70-19)49-61-50(77-38(55)35(20(2)71-77)65-68-41-29(15-53)17-59-74(41)31-10-24(45(83)84)6-25(11-31)46(85)86)63-51(62-49)78-39(56)36(21(3)72-78)66-69-42-33(57-4)18-60-75(42)32-12-26(47(87)88)7-27(13-32)48(89)90/h5-13,16-18H,54-56H2,1-3H3,(H,79,80)(H,81,82)(H,83,84)(H,85,86)(H,87,88)(H,89,90). The van der Waals surface area contributed by atoms with Crippen LogP contribution in [0.4, 0.5) is 57.7 Å². The SMILES string of the molecule is [C-]#[N+]c1cnn(-c2cc(C(=O)O)cc(C(=O)O)c2)c1N=Nc1c(C)nn(-c2nc(-n3nc(C)c(N=Nc4c(C#N)cnn4-c4cc(C(=O)O)cc(C(=O)O)c4)c3N)nc(-n3nc(C)c(N=Nc4c(C#N)cnn4-c4cc(C(=O)O)cc(C(=O)O)c4)c3N)n2)c1N. The Morgan fingerprint density at radius 1 is 0.433 bits per heavy atom. The molecule has 7 heterocycles. The minimum Gasteiger partial charge on any atom is -0.478 e. The van der Waals surface area contributed by atoms with Gasteiger partial charge < -0.3 is 47.8 Å². The topological polar surface area (TPSA) is 574 Å². The maximum absolute atomic E-state index is 12.0. The number of aryl methyl sites for hydroxylation is 3. The van der Waals surface area contributed by atoms with Crippen molar-refractivity contribution in [2.24, 2.45) is 30.7 Å². The molecule has 3 aromatic carbocycles. The smallest absolute Gasteiger partial charge is 0.335 e. The first-order valence-electron chi connectivity index (χ1n) is 24.8. The lowest BCUT2D eigenvalue weighted by molar-refractivity contribution is 0.0676. The van der Waals surface area contributed by atoms with Gasteiger partial charge in [0.05, 0.1) is 92.7 Å². The molecule has 10 rings (SSSR count). The van der Waals surface area contributed by atoms with Crippen molar-refractivity contribution < 1.29 is 59.4 Å². The van der Waals surface area contributed by atoms with Crippen LogP contribution >= 0.6 is 0 Å². The average molecular weight is 1220 g/mol. The predicted octanol–water partition coefficient (Wildman–Crippen LogP) is 6.39. The van der Waals surface area contributed by atoms with Crippen molar-refractivity contribution in [3.8, 4) is 47.0 Å². The molecule has 444 valence electrons. The van der Waals surface area contributed by atoms with Crippen molar-refractivity contribution in [1.29, 1.82) is 10.5 Å². The fourth-order valence-corrected chi connectivity index (χ4v) is 8.41. The van der Waals surface area contributed by atoms with Gasteiger partial charge in [0.2, 0.25) is 0 Å². The molecule has 0 bridgehead atoms. The highest BCUT2D eigenvalue weighted by Crippen LogP contribution is 2.38. The van der Waals surface area contributed by atoms with Crippen LogP contribution in [-0.2, 0) is 0 Å². The molecule has 0 aliphatic heterocycles. The second kappa shape index (κ2) is 22.9. The summed E-state index contributed by atoms with van der Waals surface area (Å²) in [4.78, 5) is 89.0. The maximum atomic E-state index is 12.0. The summed E-state index contributed by atoms with van der Waals surface area (Å²) in [7, 11) is 0. The largest absolute Gasteiger partial charge is 0.478 e. The van der Waals surface area contributed by atoms with E-state index in [9.17, 15) is 69.9 Å². The highest BCUT2D eigenvalue weighted by Gasteiger charge is 2.27. The van der Waals surface area contributed by atoms with Crippen LogP contribution in [0, 0.1) is 50.0 Å². The lowest BCUT2D eigenvalue weighted by Crippen LogP contribution is -2.17. The second-order valence-corrected chi connectivity index (χ2v) is 18.4. The molecule has 0 saturated heterocycles. The normalized spacial score (nSPS) is 11.3. The van der Waals surface area contributed by atoms with Crippen LogP contribution in [0.3, 0.4) is 0 Å². The number of hydrogen-bond acceptors (Lipinski definition) is 26. The summed E-state index contributed by atoms with van der Waals surface area (Å²) in [5.41, 5.74) is 16.2. The van der Waals surface area contributed by atoms with Gasteiger partial charge in [0, 0.05) is 0 Å². The number of aromatic nitrogens is 15. The zero-order valence-electron chi connectivity index (χ0n) is 45.5. The zero-order chi connectivity index (χ0) is 64.7. The Morgan fingerprint density at radius 3 is 0.967 bits per heavy atom. The molecule has 0 aliphatic rings. The Labute approximate surface area is 497 Å². The van der Waals surface area contributed by atoms with Gasteiger partial charge in [-0.2, -0.15) is 70.1 Å². The fraction of sp³-hybridized carbons (Fsp3) is 0.0588. The molecule has 90 heavy (non-hydrogen) atoms. The van der Waals surface area contributed by atoms with Gasteiger partial charge in [-0.25, -0.2) is 47.7 Å². The van der Waals surface area contributed by atoms with Gasteiger partial charge >= 0.3 is 35.8 Å². The summed E-state index contributed by atoms with van der Waals surface area (Å²) >= 11 is 0. The van der Waals surface area contributed by atoms with E-state index in [0.29, 0.717) is 0 Å². The molecule has 0 radical (unpaired) electrons. The first-order valence-corrected chi connectivity index (χ1v) is 24.8. The minimum atomic E-state index is -1.47. The number of carboxylic acids is 6. The van der Waals surface area contributed by atoms with Gasteiger partial charge in [-0.05, 0) is 75.4 Å². The summed E-state index contributed by atoms with van der Waals surface area (Å²) in [6.45, 7) is 12.1. The highest BCUT2D eigenvalue weighted by molar-refractivity contribution is 5.97. The second-order valence-electron chi connectivity index (χ2n) is 18.4. The van der Waals surface area contributed by atoms with Gasteiger partial charge in [0.1, 0.15) is 23.3 Å². The number of carboxylic acid groups (broad SMARTS) is 6. The van der Waals surface area contributed by atoms with Gasteiger partial charge in [0.15, 0.2) is 52.0 Å². The fourth-order valence-electron chi connectivity index (χ4n) is 8.41. The number of nitrogen functional groups attached to an aromatic ring is 3. The zero-order valence-corrected chi connectivity index (χ0v) is 45.5. The van der Waals surface area contributed by atoms with Crippen LogP contribution < -0.4 is 17.2 Å². The third-order valence-corrected chi connectivity index (χ3v) is 12.6. The third-order valence-electron chi connectivity index (χ3n) is 12.6. The molecular formula is C51H33N27O12. The number of nitriles is 2. The lowest BCUT2D eigenvalue weighted by Gasteiger charge is -2.10. The number of benzene rings is 3. The molecule has 0 unspecified atom stereocenters. The molecule has 10 aromatic rings. The Bertz CT molecular complexity index is 4420. The van der Waals surface area contributed by atoms with Crippen LogP contribution in [0.5, 0.6) is 0 Å². The van der Waals surface area contributed by atoms with E-state index in [1.165, 1.54) is 20.8 Å². The highest BCUT2D eigenvalue weighted by atomic mass is 16.4. The van der Waals surface area contributed by atoms with E-state index in [0.717, 1.165) is 101 Å². The van der Waals surface area contributed by atoms with Crippen molar-refractivity contribution in [3.05, 3.63) is 146 Å². The Kier molecular flexibility index (Phi) is 14.9. The summed E-state index contributed by atoms with van der Waals surface area (Å²) in [6.07, 6.45) is 3.22. The van der Waals surface area contributed by atoms with Crippen LogP contribution in [-0.4, -0.2) is 140 Å². The van der Waals surface area contributed by atoms with Gasteiger partial charge in [-0.15, -0.1) is 30.7 Å². The third kappa shape index (κ3) is 10.7.